The molecular weight excluding hydrogens is 679 g/mol. The first-order chi connectivity index (χ1) is 24.1. The summed E-state index contributed by atoms with van der Waals surface area (Å²) in [5, 5.41) is 3.08. The first-order valence-corrected chi connectivity index (χ1v) is 21.4. The predicted octanol–water partition coefficient (Wildman–Crippen LogP) is 8.91. The molecule has 5 aliphatic carbocycles. The van der Waals surface area contributed by atoms with Crippen molar-refractivity contribution in [1.82, 2.24) is 10.2 Å². The molecule has 288 valence electrons. The van der Waals surface area contributed by atoms with Crippen molar-refractivity contribution in [2.75, 3.05) is 26.2 Å². The summed E-state index contributed by atoms with van der Waals surface area (Å²) in [4.78, 5) is 33.5. The minimum absolute atomic E-state index is 0.0366. The van der Waals surface area contributed by atoms with E-state index in [2.05, 4.69) is 69.8 Å². The Kier molecular flexibility index (Phi) is 11.6. The fraction of sp³-hybridized carbons (Fsp3) is 0.881. The monoisotopic (exact) mass is 746 g/mol. The number of halogens is 2. The molecule has 1 amide bonds. The van der Waals surface area contributed by atoms with E-state index in [1.165, 1.54) is 57.8 Å². The van der Waals surface area contributed by atoms with Gasteiger partial charge in [0, 0.05) is 17.9 Å². The molecule has 1 aliphatic heterocycles. The number of nitrogens with zero attached hydrogens (tertiary/aromatic N) is 2. The summed E-state index contributed by atoms with van der Waals surface area (Å²) >= 11 is 12.0. The Balaban J connectivity index is 1.31. The van der Waals surface area contributed by atoms with Crippen LogP contribution in [0.25, 0.3) is 0 Å². The van der Waals surface area contributed by atoms with E-state index in [0.717, 1.165) is 50.7 Å². The maximum atomic E-state index is 14.7. The normalized spacial score (nSPS) is 42.9. The molecule has 0 radical (unpaired) electrons. The van der Waals surface area contributed by atoms with E-state index in [-0.39, 0.29) is 45.4 Å². The van der Waals surface area contributed by atoms with Crippen molar-refractivity contribution >= 4 is 41.0 Å². The van der Waals surface area contributed by atoms with Gasteiger partial charge in [0.15, 0.2) is 5.96 Å². The number of carbonyl (C=O) groups excluding carboxylic acids is 2. The summed E-state index contributed by atoms with van der Waals surface area (Å²) in [7, 11) is 0. The highest BCUT2D eigenvalue weighted by Crippen LogP contribution is 2.75. The van der Waals surface area contributed by atoms with Crippen LogP contribution in [-0.2, 0) is 14.3 Å². The lowest BCUT2D eigenvalue weighted by molar-refractivity contribution is -0.230. The molecule has 0 bridgehead atoms. The fourth-order valence-corrected chi connectivity index (χ4v) is 13.4. The second-order valence-corrected chi connectivity index (χ2v) is 20.2. The highest BCUT2D eigenvalue weighted by molar-refractivity contribution is 6.52. The topological polar surface area (TPSA) is 97.0 Å². The van der Waals surface area contributed by atoms with Crippen molar-refractivity contribution in [3.05, 3.63) is 11.6 Å². The third kappa shape index (κ3) is 6.94. The highest BCUT2D eigenvalue weighted by atomic mass is 35.5. The Bertz CT molecular complexity index is 1360. The number of hydrogen-bond donors (Lipinski definition) is 2. The van der Waals surface area contributed by atoms with Crippen LogP contribution >= 0.6 is 23.2 Å². The average molecular weight is 748 g/mol. The van der Waals surface area contributed by atoms with Crippen molar-refractivity contribution in [1.29, 1.82) is 0 Å². The number of likely N-dealkylation sites (tertiary alicyclic amines) is 1. The Morgan fingerprint density at radius 2 is 1.67 bits per heavy atom. The molecule has 4 saturated carbocycles. The number of hydrogen-bond acceptors (Lipinski definition) is 5. The van der Waals surface area contributed by atoms with Crippen molar-refractivity contribution in [2.24, 2.45) is 73.8 Å². The van der Waals surface area contributed by atoms with Gasteiger partial charge in [0.05, 0.1) is 6.54 Å². The van der Waals surface area contributed by atoms with Gasteiger partial charge >= 0.3 is 5.97 Å². The van der Waals surface area contributed by atoms with E-state index < -0.39 is 22.8 Å². The maximum Gasteiger partial charge on any atom is 0.339 e. The molecule has 11 unspecified atom stereocenters. The second kappa shape index (κ2) is 15.1. The molecule has 6 aliphatic rings. The zero-order valence-corrected chi connectivity index (χ0v) is 34.3. The van der Waals surface area contributed by atoms with Gasteiger partial charge in [0.2, 0.25) is 10.7 Å². The summed E-state index contributed by atoms with van der Waals surface area (Å²) in [5.41, 5.74) is 7.61. The predicted molar refractivity (Wildman–Crippen MR) is 208 cm³/mol. The second-order valence-electron chi connectivity index (χ2n) is 19.1. The average Bonchev–Trinajstić information content (AvgIpc) is 3.04. The number of fused-ring (bicyclic) bond motifs is 7. The molecule has 0 aromatic rings. The lowest BCUT2D eigenvalue weighted by Crippen LogP contribution is -2.68. The van der Waals surface area contributed by atoms with E-state index >= 15 is 0 Å². The number of carbonyl (C=O) groups is 2. The van der Waals surface area contributed by atoms with Gasteiger partial charge in [0.1, 0.15) is 6.10 Å². The van der Waals surface area contributed by atoms with Crippen LogP contribution in [0.15, 0.2) is 16.6 Å². The van der Waals surface area contributed by atoms with Gasteiger partial charge in [-0.05, 0) is 123 Å². The number of esters is 1. The van der Waals surface area contributed by atoms with Gasteiger partial charge in [-0.3, -0.25) is 15.1 Å². The van der Waals surface area contributed by atoms with Gasteiger partial charge in [-0.2, -0.15) is 0 Å². The molecule has 1 saturated heterocycles. The van der Waals surface area contributed by atoms with Gasteiger partial charge in [-0.15, -0.1) is 0 Å². The number of ether oxygens (including phenoxy) is 1. The molecule has 5 fully saturated rings. The Labute approximate surface area is 319 Å². The van der Waals surface area contributed by atoms with Gasteiger partial charge in [0.25, 0.3) is 0 Å². The van der Waals surface area contributed by atoms with Crippen LogP contribution in [0.2, 0.25) is 0 Å². The summed E-state index contributed by atoms with van der Waals surface area (Å²) in [6, 6.07) is 0. The quantitative estimate of drug-likeness (QED) is 0.0931. The summed E-state index contributed by atoms with van der Waals surface area (Å²) < 4.78 is 6.08. The first kappa shape index (κ1) is 39.4. The standard InChI is InChI=1S/C42H68Cl2N4O3/c1-26-13-14-28-17-19-40(5)29(34(28)27(26)2)15-16-32-41(40,6)20-18-31-39(3,4)33(51-37(50)35(43)44)25-30(42(31,32)7)36(49)47-38(45)46-21-24-48-22-11-9-8-10-12-23-48/h15,26-28,30-35H,8-14,16-25H2,1-7H3,(H3,45,46,47,49). The zero-order valence-electron chi connectivity index (χ0n) is 32.7. The first-order valence-electron chi connectivity index (χ1n) is 20.6. The van der Waals surface area contributed by atoms with Crippen LogP contribution in [0.1, 0.15) is 132 Å². The van der Waals surface area contributed by atoms with Crippen LogP contribution in [0, 0.1) is 63.1 Å². The van der Waals surface area contributed by atoms with E-state index in [0.29, 0.717) is 24.8 Å². The minimum atomic E-state index is -1.27. The molecule has 0 spiro atoms. The third-order valence-corrected chi connectivity index (χ3v) is 17.0. The molecular formula is C42H68Cl2N4O3. The number of aliphatic imine (C=N–C) groups is 1. The number of guanidine groups is 1. The van der Waals surface area contributed by atoms with Crippen LogP contribution in [0.4, 0.5) is 0 Å². The molecule has 11 atom stereocenters. The van der Waals surface area contributed by atoms with E-state index in [1.807, 2.05) is 0 Å². The highest BCUT2D eigenvalue weighted by Gasteiger charge is 2.70. The van der Waals surface area contributed by atoms with Crippen LogP contribution in [0.5, 0.6) is 0 Å². The van der Waals surface area contributed by atoms with Crippen LogP contribution in [-0.4, -0.2) is 59.9 Å². The molecule has 0 aromatic carbocycles. The lowest BCUT2D eigenvalue weighted by Gasteiger charge is -2.71. The molecule has 6 rings (SSSR count). The number of rotatable bonds is 6. The molecule has 51 heavy (non-hydrogen) atoms. The van der Waals surface area contributed by atoms with Gasteiger partial charge < -0.3 is 15.4 Å². The SMILES string of the molecule is CC1CCC2CCC3(C)C(=CCC4C5(C)C(C(=O)NC(N)=NCCN6CCCCCCC6)CC(OC(=O)C(Cl)Cl)C(C)(C)C5CCC43C)C2C1C. The third-order valence-electron chi connectivity index (χ3n) is 16.6. The van der Waals surface area contributed by atoms with E-state index in [1.54, 1.807) is 5.57 Å². The van der Waals surface area contributed by atoms with E-state index in [9.17, 15) is 9.59 Å². The Morgan fingerprint density at radius 1 is 0.980 bits per heavy atom. The smallest absolute Gasteiger partial charge is 0.339 e. The minimum Gasteiger partial charge on any atom is -0.460 e. The Hall–Kier alpha value is -1.31. The number of nitrogens with two attached hydrogens (primary N) is 1. The molecule has 7 nitrogen and oxygen atoms in total. The van der Waals surface area contributed by atoms with Gasteiger partial charge in [-0.25, -0.2) is 4.79 Å². The molecule has 0 aromatic heterocycles. The van der Waals surface area contributed by atoms with Crippen molar-refractivity contribution in [2.45, 2.75) is 143 Å². The van der Waals surface area contributed by atoms with E-state index in [4.69, 9.17) is 33.7 Å². The molecule has 3 N–H and O–H groups in total. The van der Waals surface area contributed by atoms with Crippen molar-refractivity contribution in [3.63, 3.8) is 0 Å². The summed E-state index contributed by atoms with van der Waals surface area (Å²) in [5.74, 6) is 2.34. The largest absolute Gasteiger partial charge is 0.460 e. The number of allylic oxidation sites excluding steroid dienone is 2. The fourth-order valence-electron chi connectivity index (χ4n) is 13.3. The summed E-state index contributed by atoms with van der Waals surface area (Å²) in [6.07, 6.45) is 17.2. The molecule has 1 heterocycles. The Morgan fingerprint density at radius 3 is 2.35 bits per heavy atom. The number of alkyl halides is 2. The van der Waals surface area contributed by atoms with Crippen LogP contribution < -0.4 is 11.1 Å². The van der Waals surface area contributed by atoms with Crippen molar-refractivity contribution < 1.29 is 14.3 Å². The summed E-state index contributed by atoms with van der Waals surface area (Å²) in [6.45, 7) is 20.6. The maximum absolute atomic E-state index is 14.7. The number of nitrogens with one attached hydrogen (secondary N) is 1. The molecule has 9 heteroatoms. The number of amides is 1. The van der Waals surface area contributed by atoms with Gasteiger partial charge in [-0.1, -0.05) is 109 Å². The van der Waals surface area contributed by atoms with Crippen LogP contribution in [0.3, 0.4) is 0 Å². The lowest BCUT2D eigenvalue weighted by atomic mass is 9.33. The van der Waals surface area contributed by atoms with Crippen molar-refractivity contribution in [3.8, 4) is 0 Å². The zero-order chi connectivity index (χ0) is 36.9.